The molecule has 0 aliphatic heterocycles. The SMILES string of the molecule is COc1ccc(Cc2nnc(NC(=O)C(c3ccccc3)n3cnnn3)s2)cc1. The molecule has 0 aliphatic rings. The molecule has 0 spiro atoms. The first-order valence-corrected chi connectivity index (χ1v) is 9.58. The summed E-state index contributed by atoms with van der Waals surface area (Å²) < 4.78 is 6.57. The van der Waals surface area contributed by atoms with Crippen LogP contribution in [0.2, 0.25) is 0 Å². The van der Waals surface area contributed by atoms with Crippen molar-refractivity contribution in [2.45, 2.75) is 12.5 Å². The van der Waals surface area contributed by atoms with Gasteiger partial charge in [-0.2, -0.15) is 0 Å². The first kappa shape index (κ1) is 18.7. The number of rotatable bonds is 7. The summed E-state index contributed by atoms with van der Waals surface area (Å²) in [7, 11) is 1.63. The topological polar surface area (TPSA) is 108 Å². The molecule has 2 aromatic carbocycles. The van der Waals surface area contributed by atoms with Crippen LogP contribution in [0.3, 0.4) is 0 Å². The van der Waals surface area contributed by atoms with Gasteiger partial charge in [-0.05, 0) is 33.7 Å². The summed E-state index contributed by atoms with van der Waals surface area (Å²) in [6.45, 7) is 0. The molecule has 1 N–H and O–H groups in total. The van der Waals surface area contributed by atoms with E-state index in [9.17, 15) is 4.79 Å². The van der Waals surface area contributed by atoms with Crippen molar-refractivity contribution >= 4 is 22.4 Å². The predicted octanol–water partition coefficient (Wildman–Crippen LogP) is 2.35. The highest BCUT2D eigenvalue weighted by Crippen LogP contribution is 2.23. The van der Waals surface area contributed by atoms with E-state index in [4.69, 9.17) is 4.74 Å². The van der Waals surface area contributed by atoms with Crippen molar-refractivity contribution in [2.75, 3.05) is 12.4 Å². The van der Waals surface area contributed by atoms with Crippen LogP contribution in [-0.2, 0) is 11.2 Å². The third-order valence-corrected chi connectivity index (χ3v) is 5.04. The number of nitrogens with zero attached hydrogens (tertiary/aromatic N) is 6. The van der Waals surface area contributed by atoms with E-state index in [1.54, 1.807) is 7.11 Å². The van der Waals surface area contributed by atoms with E-state index in [1.165, 1.54) is 22.3 Å². The van der Waals surface area contributed by atoms with E-state index in [1.807, 2.05) is 54.6 Å². The van der Waals surface area contributed by atoms with E-state index >= 15 is 0 Å². The van der Waals surface area contributed by atoms with Crippen LogP contribution in [-0.4, -0.2) is 43.4 Å². The van der Waals surface area contributed by atoms with Crippen molar-refractivity contribution in [3.8, 4) is 5.75 Å². The van der Waals surface area contributed by atoms with Gasteiger partial charge in [0.25, 0.3) is 5.91 Å². The molecule has 2 aromatic heterocycles. The van der Waals surface area contributed by atoms with E-state index in [-0.39, 0.29) is 5.91 Å². The minimum absolute atomic E-state index is 0.296. The molecule has 1 unspecified atom stereocenters. The molecule has 0 aliphatic carbocycles. The molecule has 9 nitrogen and oxygen atoms in total. The lowest BCUT2D eigenvalue weighted by atomic mass is 10.1. The lowest BCUT2D eigenvalue weighted by molar-refractivity contribution is -0.118. The van der Waals surface area contributed by atoms with Gasteiger partial charge in [0.05, 0.1) is 7.11 Å². The molecule has 0 saturated heterocycles. The average molecular weight is 407 g/mol. The van der Waals surface area contributed by atoms with Crippen LogP contribution >= 0.6 is 11.3 Å². The van der Waals surface area contributed by atoms with Crippen LogP contribution < -0.4 is 10.1 Å². The molecule has 0 fully saturated rings. The smallest absolute Gasteiger partial charge is 0.255 e. The number of carbonyl (C=O) groups is 1. The van der Waals surface area contributed by atoms with Gasteiger partial charge in [0, 0.05) is 6.42 Å². The number of hydrogen-bond acceptors (Lipinski definition) is 8. The highest BCUT2D eigenvalue weighted by molar-refractivity contribution is 7.15. The van der Waals surface area contributed by atoms with Gasteiger partial charge in [0.15, 0.2) is 6.04 Å². The van der Waals surface area contributed by atoms with Gasteiger partial charge in [-0.1, -0.05) is 53.8 Å². The predicted molar refractivity (Wildman–Crippen MR) is 107 cm³/mol. The third-order valence-electron chi connectivity index (χ3n) is 4.20. The maximum absolute atomic E-state index is 12.9. The Morgan fingerprint density at radius 1 is 1.14 bits per heavy atom. The van der Waals surface area contributed by atoms with Crippen LogP contribution in [0, 0.1) is 0 Å². The highest BCUT2D eigenvalue weighted by Gasteiger charge is 2.25. The van der Waals surface area contributed by atoms with Crippen LogP contribution in [0.4, 0.5) is 5.13 Å². The van der Waals surface area contributed by atoms with Gasteiger partial charge in [-0.3, -0.25) is 10.1 Å². The summed E-state index contributed by atoms with van der Waals surface area (Å²) in [5, 5.41) is 23.5. The van der Waals surface area contributed by atoms with Crippen molar-refractivity contribution in [3.63, 3.8) is 0 Å². The monoisotopic (exact) mass is 407 g/mol. The molecule has 29 heavy (non-hydrogen) atoms. The fourth-order valence-electron chi connectivity index (χ4n) is 2.81. The number of anilines is 1. The fraction of sp³-hybridized carbons (Fsp3) is 0.158. The van der Waals surface area contributed by atoms with Crippen LogP contribution in [0.1, 0.15) is 22.2 Å². The molecular formula is C19H17N7O2S. The van der Waals surface area contributed by atoms with E-state index in [0.29, 0.717) is 11.6 Å². The van der Waals surface area contributed by atoms with Crippen LogP contribution in [0.15, 0.2) is 60.9 Å². The van der Waals surface area contributed by atoms with E-state index < -0.39 is 6.04 Å². The molecule has 4 aromatic rings. The van der Waals surface area contributed by atoms with Crippen molar-refractivity contribution in [3.05, 3.63) is 77.1 Å². The van der Waals surface area contributed by atoms with Gasteiger partial charge < -0.3 is 4.74 Å². The molecule has 1 atom stereocenters. The average Bonchev–Trinajstić information content (AvgIpc) is 3.42. The third kappa shape index (κ3) is 4.43. The molecule has 0 radical (unpaired) electrons. The molecule has 146 valence electrons. The van der Waals surface area contributed by atoms with Crippen molar-refractivity contribution in [1.29, 1.82) is 0 Å². The maximum Gasteiger partial charge on any atom is 0.255 e. The quantitative estimate of drug-likeness (QED) is 0.501. The Morgan fingerprint density at radius 3 is 2.62 bits per heavy atom. The minimum atomic E-state index is -0.708. The number of hydrogen-bond donors (Lipinski definition) is 1. The summed E-state index contributed by atoms with van der Waals surface area (Å²) in [4.78, 5) is 12.9. The van der Waals surface area contributed by atoms with Gasteiger partial charge in [-0.15, -0.1) is 15.3 Å². The summed E-state index contributed by atoms with van der Waals surface area (Å²) in [5.41, 5.74) is 1.84. The number of carbonyl (C=O) groups excluding carboxylic acids is 1. The van der Waals surface area contributed by atoms with Crippen molar-refractivity contribution in [2.24, 2.45) is 0 Å². The van der Waals surface area contributed by atoms with Crippen molar-refractivity contribution in [1.82, 2.24) is 30.4 Å². The van der Waals surface area contributed by atoms with E-state index in [0.717, 1.165) is 21.9 Å². The minimum Gasteiger partial charge on any atom is -0.497 e. The van der Waals surface area contributed by atoms with Gasteiger partial charge in [-0.25, -0.2) is 4.68 Å². The normalized spacial score (nSPS) is 11.8. The standard InChI is InChI=1S/C19H17N7O2S/c1-28-15-9-7-13(8-10-15)11-16-22-23-19(29-16)21-18(27)17(26-12-20-24-25-26)14-5-3-2-4-6-14/h2-10,12,17H,11H2,1H3,(H,21,23,27). The number of methoxy groups -OCH3 is 1. The molecule has 1 amide bonds. The Morgan fingerprint density at radius 2 is 1.93 bits per heavy atom. The maximum atomic E-state index is 12.9. The Balaban J connectivity index is 1.48. The number of tetrazole rings is 1. The second-order valence-corrected chi connectivity index (χ2v) is 7.18. The Labute approximate surface area is 170 Å². The summed E-state index contributed by atoms with van der Waals surface area (Å²) in [5.74, 6) is 0.504. The zero-order valence-corrected chi connectivity index (χ0v) is 16.3. The molecule has 10 heteroatoms. The van der Waals surface area contributed by atoms with Crippen molar-refractivity contribution < 1.29 is 9.53 Å². The number of ether oxygens (including phenoxy) is 1. The lowest BCUT2D eigenvalue weighted by Crippen LogP contribution is -2.27. The van der Waals surface area contributed by atoms with E-state index in [2.05, 4.69) is 31.0 Å². The Bertz CT molecular complexity index is 1070. The number of nitrogens with one attached hydrogen (secondary N) is 1. The summed E-state index contributed by atoms with van der Waals surface area (Å²) in [6.07, 6.45) is 2.03. The second-order valence-electron chi connectivity index (χ2n) is 6.12. The lowest BCUT2D eigenvalue weighted by Gasteiger charge is -2.15. The molecular weight excluding hydrogens is 390 g/mol. The van der Waals surface area contributed by atoms with Gasteiger partial charge in [0.1, 0.15) is 17.1 Å². The second kappa shape index (κ2) is 8.57. The Hall–Kier alpha value is -3.66. The summed E-state index contributed by atoms with van der Waals surface area (Å²) >= 11 is 1.33. The number of aromatic nitrogens is 6. The fourth-order valence-corrected chi connectivity index (χ4v) is 3.59. The number of amides is 1. The molecule has 0 saturated carbocycles. The van der Waals surface area contributed by atoms with Crippen LogP contribution in [0.25, 0.3) is 0 Å². The number of benzene rings is 2. The molecule has 2 heterocycles. The van der Waals surface area contributed by atoms with Gasteiger partial charge in [0.2, 0.25) is 5.13 Å². The van der Waals surface area contributed by atoms with Crippen LogP contribution in [0.5, 0.6) is 5.75 Å². The first-order chi connectivity index (χ1) is 14.2. The summed E-state index contributed by atoms with van der Waals surface area (Å²) in [6, 6.07) is 16.3. The first-order valence-electron chi connectivity index (χ1n) is 8.76. The Kier molecular flexibility index (Phi) is 5.52. The molecule has 4 rings (SSSR count). The largest absolute Gasteiger partial charge is 0.497 e. The van der Waals surface area contributed by atoms with Gasteiger partial charge >= 0.3 is 0 Å². The molecule has 0 bridgehead atoms. The zero-order chi connectivity index (χ0) is 20.1. The zero-order valence-electron chi connectivity index (χ0n) is 15.5. The highest BCUT2D eigenvalue weighted by atomic mass is 32.1.